The van der Waals surface area contributed by atoms with Gasteiger partial charge in [0.2, 0.25) is 23.6 Å². The highest BCUT2D eigenvalue weighted by Crippen LogP contribution is 2.13. The minimum Gasteiger partial charge on any atom is -0.481 e. The number of aliphatic carboxylic acids is 1. The number of ether oxygens (including phenoxy) is 1. The molecule has 19 nitrogen and oxygen atoms in total. The van der Waals surface area contributed by atoms with Crippen LogP contribution in [-0.4, -0.2) is 102 Å². The number of nitrogens with zero attached hydrogens (tertiary/aromatic N) is 1. The van der Waals surface area contributed by atoms with Gasteiger partial charge in [0.05, 0.1) is 18.5 Å². The molecular weight excluding hydrogens is 706 g/mol. The van der Waals surface area contributed by atoms with Gasteiger partial charge in [0.25, 0.3) is 0 Å². The maximum atomic E-state index is 13.6. The van der Waals surface area contributed by atoms with Crippen molar-refractivity contribution in [1.82, 2.24) is 21.3 Å². The molecule has 0 aliphatic rings. The summed E-state index contributed by atoms with van der Waals surface area (Å²) in [4.78, 5) is 105. The van der Waals surface area contributed by atoms with Crippen molar-refractivity contribution in [3.8, 4) is 0 Å². The molecule has 0 aliphatic carbocycles. The van der Waals surface area contributed by atoms with Crippen molar-refractivity contribution in [2.75, 3.05) is 13.1 Å². The lowest BCUT2D eigenvalue weighted by molar-refractivity contribution is -0.160. The van der Waals surface area contributed by atoms with Crippen LogP contribution in [0.2, 0.25) is 0 Å². The third kappa shape index (κ3) is 17.4. The number of nitrogens with two attached hydrogens (primary N) is 4. The maximum absolute atomic E-state index is 13.6. The first-order chi connectivity index (χ1) is 25.4. The molecule has 0 bridgehead atoms. The molecule has 1 aromatic rings. The molecule has 4 amide bonds. The number of carbonyl (C=O) groups excluding carboxylic acids is 7. The molecule has 0 fully saturated rings. The minimum atomic E-state index is -1.68. The Morgan fingerprint density at radius 1 is 0.796 bits per heavy atom. The zero-order valence-electron chi connectivity index (χ0n) is 31.2. The van der Waals surface area contributed by atoms with Gasteiger partial charge in [-0.15, -0.1) is 0 Å². The topological polar surface area (TPSA) is 331 Å². The second-order valence-corrected chi connectivity index (χ2v) is 12.9. The molecule has 54 heavy (non-hydrogen) atoms. The molecule has 0 aliphatic heterocycles. The van der Waals surface area contributed by atoms with Crippen molar-refractivity contribution in [3.05, 3.63) is 35.4 Å². The Labute approximate surface area is 314 Å². The molecule has 1 rings (SSSR count). The van der Waals surface area contributed by atoms with Gasteiger partial charge in [0.1, 0.15) is 18.1 Å². The molecule has 0 aromatic heterocycles. The van der Waals surface area contributed by atoms with E-state index in [1.54, 1.807) is 45.0 Å². The van der Waals surface area contributed by atoms with Gasteiger partial charge in [-0.3, -0.25) is 43.9 Å². The van der Waals surface area contributed by atoms with Crippen LogP contribution in [0.5, 0.6) is 0 Å². The third-order valence-corrected chi connectivity index (χ3v) is 8.09. The van der Waals surface area contributed by atoms with Crippen molar-refractivity contribution >= 4 is 53.3 Å². The zero-order valence-corrected chi connectivity index (χ0v) is 31.2. The largest absolute Gasteiger partial charge is 0.481 e. The van der Waals surface area contributed by atoms with Crippen LogP contribution in [0.4, 0.5) is 0 Å². The number of hydrogen-bond donors (Lipinski definition) is 9. The third-order valence-electron chi connectivity index (χ3n) is 8.09. The Kier molecular flexibility index (Phi) is 20.7. The van der Waals surface area contributed by atoms with Crippen LogP contribution in [0.1, 0.15) is 88.6 Å². The number of carbonyl (C=O) groups is 8. The molecule has 0 saturated heterocycles. The predicted octanol–water partition coefficient (Wildman–Crippen LogP) is -1.51. The van der Waals surface area contributed by atoms with Crippen molar-refractivity contribution < 1.29 is 48.2 Å². The summed E-state index contributed by atoms with van der Waals surface area (Å²) in [7, 11) is 0. The molecule has 0 saturated carbocycles. The van der Waals surface area contributed by atoms with Crippen LogP contribution in [0, 0.1) is 5.92 Å². The highest BCUT2D eigenvalue weighted by molar-refractivity contribution is 5.97. The number of Topliss-reactive ketones (excluding diaryl/α,β-unsaturated/α-hetero) is 1. The average Bonchev–Trinajstić information content (AvgIpc) is 3.09. The molecule has 5 atom stereocenters. The standard InChI is InChI=1S/C35H55N9O10/c1-5-27(46)22-13-11-21(12-14-22)17-25(30(37)49)41-29(19(2)3)33(52)44-26(18-28(47)48)32(51)42-23(9-6-7-15-36)31(50)43-24(34(53)54-20(4)45)10-8-16-40-35(38)39/h11-14,19,23-26,29,41H,5-10,15-18,36H2,1-4H3,(H2,37,49)(H,42,51)(H,43,50)(H,44,52)(H,47,48)(H4,38,39,40)/t23-,24-,25-,26-,29-/m0/s1. The lowest BCUT2D eigenvalue weighted by atomic mass is 9.97. The monoisotopic (exact) mass is 761 g/mol. The normalized spacial score (nSPS) is 13.7. The summed E-state index contributed by atoms with van der Waals surface area (Å²) in [5.74, 6) is -7.64. The molecule has 0 spiro atoms. The molecule has 13 N–H and O–H groups in total. The quantitative estimate of drug-likeness (QED) is 0.0137. The SMILES string of the molecule is CCC(=O)c1ccc(C[C@H](N[C@H](C(=O)N[C@@H](CC(=O)O)C(=O)N[C@@H](CCCCN)C(=O)N[C@@H](CCCN=C(N)N)C(=O)OC(C)=O)C(C)C)C(N)=O)cc1. The van der Waals surface area contributed by atoms with E-state index in [0.717, 1.165) is 6.92 Å². The Balaban J connectivity index is 3.26. The Morgan fingerprint density at radius 2 is 1.37 bits per heavy atom. The number of benzene rings is 1. The van der Waals surface area contributed by atoms with Crippen LogP contribution in [-0.2, 0) is 44.7 Å². The van der Waals surface area contributed by atoms with E-state index in [-0.39, 0.29) is 50.5 Å². The molecule has 19 heteroatoms. The summed E-state index contributed by atoms with van der Waals surface area (Å²) in [5, 5.41) is 19.9. The van der Waals surface area contributed by atoms with E-state index in [9.17, 15) is 43.5 Å². The van der Waals surface area contributed by atoms with Crippen LogP contribution < -0.4 is 44.2 Å². The van der Waals surface area contributed by atoms with E-state index in [2.05, 4.69) is 31.0 Å². The average molecular weight is 762 g/mol. The number of carboxylic acids is 1. The van der Waals surface area contributed by atoms with Gasteiger partial charge >= 0.3 is 17.9 Å². The lowest BCUT2D eigenvalue weighted by Gasteiger charge is -2.29. The highest BCUT2D eigenvalue weighted by atomic mass is 16.6. The number of ketones is 1. The van der Waals surface area contributed by atoms with Crippen LogP contribution >= 0.6 is 0 Å². The van der Waals surface area contributed by atoms with Crippen LogP contribution in [0.15, 0.2) is 29.3 Å². The first-order valence-electron chi connectivity index (χ1n) is 17.7. The fourth-order valence-corrected chi connectivity index (χ4v) is 5.21. The Hall–Kier alpha value is -5.43. The Bertz CT molecular complexity index is 1500. The van der Waals surface area contributed by atoms with Gasteiger partial charge in [-0.1, -0.05) is 45.0 Å². The second-order valence-electron chi connectivity index (χ2n) is 12.9. The predicted molar refractivity (Wildman–Crippen MR) is 197 cm³/mol. The molecule has 0 unspecified atom stereocenters. The van der Waals surface area contributed by atoms with E-state index in [4.69, 9.17) is 22.9 Å². The molecule has 0 radical (unpaired) electrons. The second kappa shape index (κ2) is 24.0. The first kappa shape index (κ1) is 46.6. The lowest BCUT2D eigenvalue weighted by Crippen LogP contribution is -2.60. The summed E-state index contributed by atoms with van der Waals surface area (Å²) < 4.78 is 4.67. The smallest absolute Gasteiger partial charge is 0.336 e. The first-order valence-corrected chi connectivity index (χ1v) is 17.7. The highest BCUT2D eigenvalue weighted by Gasteiger charge is 2.34. The number of hydrogen-bond acceptors (Lipinski definition) is 12. The summed E-state index contributed by atoms with van der Waals surface area (Å²) in [6.45, 7) is 6.42. The summed E-state index contributed by atoms with van der Waals surface area (Å²) >= 11 is 0. The van der Waals surface area contributed by atoms with E-state index in [0.29, 0.717) is 30.4 Å². The van der Waals surface area contributed by atoms with Gasteiger partial charge in [0.15, 0.2) is 11.7 Å². The number of guanidine groups is 1. The fraction of sp³-hybridized carbons (Fsp3) is 0.571. The number of aliphatic imine (C=N–C) groups is 1. The van der Waals surface area contributed by atoms with Crippen LogP contribution in [0.3, 0.4) is 0 Å². The number of primary amides is 1. The number of amides is 4. The summed E-state index contributed by atoms with van der Waals surface area (Å²) in [5.41, 5.74) is 23.1. The number of nitrogens with one attached hydrogen (secondary N) is 4. The van der Waals surface area contributed by atoms with Crippen LogP contribution in [0.25, 0.3) is 0 Å². The van der Waals surface area contributed by atoms with E-state index in [1.165, 1.54) is 0 Å². The van der Waals surface area contributed by atoms with E-state index < -0.39 is 84.1 Å². The van der Waals surface area contributed by atoms with Crippen molar-refractivity contribution in [2.45, 2.75) is 109 Å². The summed E-state index contributed by atoms with van der Waals surface area (Å²) in [6.07, 6.45) is 0.447. The minimum absolute atomic E-state index is 0.00897. The van der Waals surface area contributed by atoms with E-state index in [1.807, 2.05) is 0 Å². The summed E-state index contributed by atoms with van der Waals surface area (Å²) in [6, 6.07) is 0.0144. The van der Waals surface area contributed by atoms with Crippen molar-refractivity contribution in [3.63, 3.8) is 0 Å². The number of unbranched alkanes of at least 4 members (excludes halogenated alkanes) is 1. The molecule has 1 aromatic carbocycles. The Morgan fingerprint density at radius 3 is 1.89 bits per heavy atom. The number of rotatable bonds is 25. The number of esters is 2. The molecular formula is C35H55N9O10. The van der Waals surface area contributed by atoms with Crippen molar-refractivity contribution in [1.29, 1.82) is 0 Å². The van der Waals surface area contributed by atoms with E-state index >= 15 is 0 Å². The van der Waals surface area contributed by atoms with Gasteiger partial charge in [-0.05, 0) is 56.6 Å². The molecule has 300 valence electrons. The van der Waals surface area contributed by atoms with Gasteiger partial charge < -0.3 is 48.7 Å². The van der Waals surface area contributed by atoms with Gasteiger partial charge in [-0.25, -0.2) is 4.79 Å². The fourth-order valence-electron chi connectivity index (χ4n) is 5.21. The van der Waals surface area contributed by atoms with Crippen molar-refractivity contribution in [2.24, 2.45) is 33.8 Å². The maximum Gasteiger partial charge on any atom is 0.336 e. The molecule has 0 heterocycles. The van der Waals surface area contributed by atoms with Gasteiger partial charge in [0, 0.05) is 25.5 Å². The zero-order chi connectivity index (χ0) is 41.0. The number of carboxylic acid groups (broad SMARTS) is 1. The van der Waals surface area contributed by atoms with Gasteiger partial charge in [-0.2, -0.15) is 0 Å².